The van der Waals surface area contributed by atoms with Gasteiger partial charge in [-0.3, -0.25) is 4.79 Å². The number of rotatable bonds is 9. The fourth-order valence-corrected chi connectivity index (χ4v) is 3.17. The SMILES string of the molecule is CCOc1ccc(NC(=O)/C(=C/c2ccco2)n2nnnc2-c2ccccc2)cc1OCC. The third-order valence-electron chi connectivity index (χ3n) is 4.59. The third-order valence-corrected chi connectivity index (χ3v) is 4.59. The highest BCUT2D eigenvalue weighted by molar-refractivity contribution is 6.24. The van der Waals surface area contributed by atoms with E-state index in [1.807, 2.05) is 44.2 Å². The average Bonchev–Trinajstić information content (AvgIpc) is 3.52. The molecule has 0 bridgehead atoms. The Kier molecular flexibility index (Phi) is 6.79. The van der Waals surface area contributed by atoms with Crippen molar-refractivity contribution in [2.45, 2.75) is 13.8 Å². The smallest absolute Gasteiger partial charge is 0.274 e. The number of nitrogens with zero attached hydrogens (tertiary/aromatic N) is 4. The molecule has 2 aromatic heterocycles. The summed E-state index contributed by atoms with van der Waals surface area (Å²) in [4.78, 5) is 13.4. The van der Waals surface area contributed by atoms with Crippen molar-refractivity contribution in [3.8, 4) is 22.9 Å². The van der Waals surface area contributed by atoms with Gasteiger partial charge in [-0.1, -0.05) is 30.3 Å². The largest absolute Gasteiger partial charge is 0.490 e. The highest BCUT2D eigenvalue weighted by Crippen LogP contribution is 2.31. The van der Waals surface area contributed by atoms with E-state index in [1.54, 1.807) is 36.4 Å². The molecule has 0 fully saturated rings. The molecule has 0 spiro atoms. The summed E-state index contributed by atoms with van der Waals surface area (Å²) in [5.74, 6) is 1.63. The predicted molar refractivity (Wildman–Crippen MR) is 124 cm³/mol. The molecule has 1 amide bonds. The number of nitrogens with one attached hydrogen (secondary N) is 1. The van der Waals surface area contributed by atoms with Crippen molar-refractivity contribution in [2.24, 2.45) is 0 Å². The Morgan fingerprint density at radius 2 is 1.82 bits per heavy atom. The van der Waals surface area contributed by atoms with Gasteiger partial charge < -0.3 is 19.2 Å². The topological polar surface area (TPSA) is 104 Å². The van der Waals surface area contributed by atoms with Crippen LogP contribution in [0.5, 0.6) is 11.5 Å². The lowest BCUT2D eigenvalue weighted by atomic mass is 10.2. The Bertz CT molecular complexity index is 1230. The number of carbonyl (C=O) groups is 1. The first-order valence-electron chi connectivity index (χ1n) is 10.5. The minimum Gasteiger partial charge on any atom is -0.490 e. The molecular weight excluding hydrogens is 422 g/mol. The van der Waals surface area contributed by atoms with E-state index in [-0.39, 0.29) is 5.70 Å². The number of aromatic nitrogens is 4. The van der Waals surface area contributed by atoms with Crippen LogP contribution >= 0.6 is 0 Å². The molecule has 0 radical (unpaired) electrons. The number of benzene rings is 2. The molecule has 4 rings (SSSR count). The van der Waals surface area contributed by atoms with E-state index in [9.17, 15) is 4.79 Å². The zero-order chi connectivity index (χ0) is 23.0. The second-order valence-corrected chi connectivity index (χ2v) is 6.81. The van der Waals surface area contributed by atoms with Crippen molar-refractivity contribution in [2.75, 3.05) is 18.5 Å². The molecule has 4 aromatic rings. The maximum Gasteiger partial charge on any atom is 0.274 e. The van der Waals surface area contributed by atoms with Crippen LogP contribution in [0, 0.1) is 0 Å². The Morgan fingerprint density at radius 3 is 2.55 bits per heavy atom. The van der Waals surface area contributed by atoms with Gasteiger partial charge in [0.05, 0.1) is 19.5 Å². The van der Waals surface area contributed by atoms with Crippen LogP contribution in [0.1, 0.15) is 19.6 Å². The van der Waals surface area contributed by atoms with Crippen LogP contribution in [0.25, 0.3) is 23.2 Å². The zero-order valence-electron chi connectivity index (χ0n) is 18.3. The fourth-order valence-electron chi connectivity index (χ4n) is 3.17. The maximum atomic E-state index is 13.4. The molecule has 0 aliphatic heterocycles. The first-order chi connectivity index (χ1) is 16.2. The van der Waals surface area contributed by atoms with Crippen LogP contribution in [0.4, 0.5) is 5.69 Å². The lowest BCUT2D eigenvalue weighted by Crippen LogP contribution is -2.19. The summed E-state index contributed by atoms with van der Waals surface area (Å²) >= 11 is 0. The minimum absolute atomic E-state index is 0.181. The summed E-state index contributed by atoms with van der Waals surface area (Å²) in [6.07, 6.45) is 3.11. The molecule has 168 valence electrons. The van der Waals surface area contributed by atoms with Crippen molar-refractivity contribution in [1.29, 1.82) is 0 Å². The predicted octanol–water partition coefficient (Wildman–Crippen LogP) is 4.37. The number of carbonyl (C=O) groups excluding carboxylic acids is 1. The summed E-state index contributed by atoms with van der Waals surface area (Å²) in [6, 6.07) is 18.1. The van der Waals surface area contributed by atoms with Crippen molar-refractivity contribution in [3.05, 3.63) is 72.7 Å². The van der Waals surface area contributed by atoms with Crippen LogP contribution in [0.15, 0.2) is 71.3 Å². The van der Waals surface area contributed by atoms with E-state index in [1.165, 1.54) is 10.9 Å². The highest BCUT2D eigenvalue weighted by atomic mass is 16.5. The third kappa shape index (κ3) is 5.09. The second-order valence-electron chi connectivity index (χ2n) is 6.81. The lowest BCUT2D eigenvalue weighted by molar-refractivity contribution is -0.111. The molecule has 0 saturated carbocycles. The quantitative estimate of drug-likeness (QED) is 0.382. The van der Waals surface area contributed by atoms with Crippen molar-refractivity contribution < 1.29 is 18.7 Å². The molecule has 1 N–H and O–H groups in total. The molecule has 33 heavy (non-hydrogen) atoms. The minimum atomic E-state index is -0.428. The van der Waals surface area contributed by atoms with Gasteiger partial charge in [0.1, 0.15) is 11.5 Å². The summed E-state index contributed by atoms with van der Waals surface area (Å²) in [7, 11) is 0. The van der Waals surface area contributed by atoms with Crippen molar-refractivity contribution in [3.63, 3.8) is 0 Å². The Morgan fingerprint density at radius 1 is 1.03 bits per heavy atom. The van der Waals surface area contributed by atoms with Crippen LogP contribution in [0.3, 0.4) is 0 Å². The Hall–Kier alpha value is -4.40. The first kappa shape index (κ1) is 21.8. The fraction of sp³-hybridized carbons (Fsp3) is 0.167. The van der Waals surface area contributed by atoms with Gasteiger partial charge >= 0.3 is 0 Å². The maximum absolute atomic E-state index is 13.4. The molecule has 2 aromatic carbocycles. The van der Waals surface area contributed by atoms with Gasteiger partial charge in [0.2, 0.25) is 0 Å². The molecule has 9 nitrogen and oxygen atoms in total. The summed E-state index contributed by atoms with van der Waals surface area (Å²) in [6.45, 7) is 4.75. The average molecular weight is 445 g/mol. The van der Waals surface area contributed by atoms with Gasteiger partial charge in [-0.15, -0.1) is 5.10 Å². The van der Waals surface area contributed by atoms with Gasteiger partial charge in [-0.05, 0) is 48.5 Å². The highest BCUT2D eigenvalue weighted by Gasteiger charge is 2.20. The standard InChI is InChI=1S/C24H23N5O4/c1-3-31-21-13-12-18(15-22(21)32-4-2)25-24(30)20(16-19-11-8-14-33-19)29-23(26-27-28-29)17-9-6-5-7-10-17/h5-16H,3-4H2,1-2H3,(H,25,30)/b20-16-. The van der Waals surface area contributed by atoms with Gasteiger partial charge in [0, 0.05) is 23.4 Å². The van der Waals surface area contributed by atoms with Crippen LogP contribution < -0.4 is 14.8 Å². The van der Waals surface area contributed by atoms with E-state index < -0.39 is 5.91 Å². The number of hydrogen-bond acceptors (Lipinski definition) is 7. The number of anilines is 1. The van der Waals surface area contributed by atoms with Crippen LogP contribution in [-0.2, 0) is 4.79 Å². The summed E-state index contributed by atoms with van der Waals surface area (Å²) in [5.41, 5.74) is 1.48. The van der Waals surface area contributed by atoms with E-state index in [4.69, 9.17) is 13.9 Å². The zero-order valence-corrected chi connectivity index (χ0v) is 18.3. The first-order valence-corrected chi connectivity index (χ1v) is 10.5. The number of hydrogen-bond donors (Lipinski definition) is 1. The number of amides is 1. The molecule has 0 aliphatic carbocycles. The van der Waals surface area contributed by atoms with E-state index in [2.05, 4.69) is 20.8 Å². The Labute approximate surface area is 190 Å². The molecular formula is C24H23N5O4. The number of ether oxygens (including phenoxy) is 2. The molecule has 0 saturated heterocycles. The van der Waals surface area contributed by atoms with Crippen molar-refractivity contribution in [1.82, 2.24) is 20.2 Å². The molecule has 0 aliphatic rings. The number of tetrazole rings is 1. The summed E-state index contributed by atoms with van der Waals surface area (Å²) < 4.78 is 18.1. The molecule has 0 unspecified atom stereocenters. The monoisotopic (exact) mass is 445 g/mol. The number of furan rings is 1. The van der Waals surface area contributed by atoms with Crippen LogP contribution in [-0.4, -0.2) is 39.3 Å². The van der Waals surface area contributed by atoms with Gasteiger partial charge in [0.15, 0.2) is 17.3 Å². The van der Waals surface area contributed by atoms with Gasteiger partial charge in [-0.25, -0.2) is 0 Å². The summed E-state index contributed by atoms with van der Waals surface area (Å²) in [5, 5.41) is 14.8. The second kappa shape index (κ2) is 10.3. The van der Waals surface area contributed by atoms with Gasteiger partial charge in [0.25, 0.3) is 5.91 Å². The normalized spacial score (nSPS) is 11.3. The molecule has 9 heteroatoms. The molecule has 0 atom stereocenters. The van der Waals surface area contributed by atoms with Gasteiger partial charge in [-0.2, -0.15) is 4.68 Å². The van der Waals surface area contributed by atoms with E-state index in [0.717, 1.165) is 5.56 Å². The van der Waals surface area contributed by atoms with E-state index in [0.29, 0.717) is 42.0 Å². The van der Waals surface area contributed by atoms with Crippen molar-refractivity contribution >= 4 is 23.4 Å². The lowest BCUT2D eigenvalue weighted by Gasteiger charge is -2.14. The Balaban J connectivity index is 1.70. The molecule has 2 heterocycles. The van der Waals surface area contributed by atoms with E-state index >= 15 is 0 Å². The van der Waals surface area contributed by atoms with Crippen LogP contribution in [0.2, 0.25) is 0 Å².